The summed E-state index contributed by atoms with van der Waals surface area (Å²) in [6.45, 7) is 7.04. The molecule has 1 N–H and O–H groups in total. The van der Waals surface area contributed by atoms with Crippen LogP contribution in [-0.4, -0.2) is 27.3 Å². The van der Waals surface area contributed by atoms with Gasteiger partial charge in [0.1, 0.15) is 29.2 Å². The number of aromatic nitrogens is 2. The van der Waals surface area contributed by atoms with Crippen molar-refractivity contribution in [2.75, 3.05) is 11.9 Å². The van der Waals surface area contributed by atoms with Crippen molar-refractivity contribution in [3.8, 4) is 17.3 Å². The molecule has 0 radical (unpaired) electrons. The first-order valence-corrected chi connectivity index (χ1v) is 11.2. The van der Waals surface area contributed by atoms with Crippen LogP contribution >= 0.6 is 0 Å². The Balaban J connectivity index is 1.66. The van der Waals surface area contributed by atoms with E-state index in [1.807, 2.05) is 13.0 Å². The zero-order valence-electron chi connectivity index (χ0n) is 19.8. The number of hydrogen-bond acceptors (Lipinski definition) is 5. The third-order valence-electron chi connectivity index (χ3n) is 6.15. The van der Waals surface area contributed by atoms with Crippen molar-refractivity contribution < 1.29 is 18.0 Å². The Morgan fingerprint density at radius 3 is 2.60 bits per heavy atom. The predicted molar refractivity (Wildman–Crippen MR) is 125 cm³/mol. The Labute approximate surface area is 201 Å². The third kappa shape index (κ3) is 4.44. The van der Waals surface area contributed by atoms with Crippen LogP contribution in [0.1, 0.15) is 66.3 Å². The van der Waals surface area contributed by atoms with Crippen LogP contribution in [0.2, 0.25) is 0 Å². The zero-order chi connectivity index (χ0) is 25.5. The second-order valence-corrected chi connectivity index (χ2v) is 8.92. The fourth-order valence-electron chi connectivity index (χ4n) is 4.22. The molecule has 1 aromatic carbocycles. The molecule has 1 aliphatic rings. The lowest BCUT2D eigenvalue weighted by Gasteiger charge is -2.19. The van der Waals surface area contributed by atoms with Crippen LogP contribution in [0.15, 0.2) is 36.7 Å². The van der Waals surface area contributed by atoms with E-state index in [1.165, 1.54) is 26.1 Å². The first-order valence-electron chi connectivity index (χ1n) is 11.2. The molecule has 3 aromatic rings. The Bertz CT molecular complexity index is 1360. The molecule has 9 heteroatoms. The normalized spacial score (nSPS) is 14.0. The maximum atomic E-state index is 15.2. The molecule has 3 heterocycles. The third-order valence-corrected chi connectivity index (χ3v) is 6.15. The summed E-state index contributed by atoms with van der Waals surface area (Å²) in [7, 11) is 0. The van der Waals surface area contributed by atoms with Crippen LogP contribution in [0.5, 0.6) is 0 Å². The summed E-state index contributed by atoms with van der Waals surface area (Å²) >= 11 is 0. The van der Waals surface area contributed by atoms with Gasteiger partial charge in [0.15, 0.2) is 0 Å². The number of anilines is 1. The van der Waals surface area contributed by atoms with E-state index < -0.39 is 23.3 Å². The Morgan fingerprint density at radius 1 is 1.20 bits per heavy atom. The van der Waals surface area contributed by atoms with E-state index in [0.29, 0.717) is 30.0 Å². The van der Waals surface area contributed by atoms with Crippen LogP contribution in [0.3, 0.4) is 0 Å². The number of halogens is 3. The quantitative estimate of drug-likeness (QED) is 0.494. The van der Waals surface area contributed by atoms with Crippen molar-refractivity contribution in [1.29, 1.82) is 5.26 Å². The maximum Gasteiger partial charge on any atom is 0.254 e. The van der Waals surface area contributed by atoms with E-state index >= 15 is 8.78 Å². The molecule has 180 valence electrons. The fraction of sp³-hybridized carbons (Fsp3) is 0.308. The molecule has 6 nitrogen and oxygen atoms in total. The average molecular weight is 480 g/mol. The molecular weight excluding hydrogens is 455 g/mol. The fourth-order valence-corrected chi connectivity index (χ4v) is 4.22. The highest BCUT2D eigenvalue weighted by atomic mass is 19.1. The van der Waals surface area contributed by atoms with Crippen molar-refractivity contribution in [1.82, 2.24) is 14.9 Å². The lowest BCUT2D eigenvalue weighted by molar-refractivity contribution is 0.0787. The van der Waals surface area contributed by atoms with Gasteiger partial charge in [-0.2, -0.15) is 5.26 Å². The number of pyridine rings is 2. The van der Waals surface area contributed by atoms with Gasteiger partial charge in [-0.05, 0) is 52.0 Å². The van der Waals surface area contributed by atoms with E-state index in [2.05, 4.69) is 15.3 Å². The molecule has 0 saturated heterocycles. The lowest BCUT2D eigenvalue weighted by atomic mass is 9.94. The zero-order valence-corrected chi connectivity index (χ0v) is 19.8. The number of alkyl halides is 1. The SMILES string of the molecule is CCN1Cc2c(ccnc2N[C@@H](C)c2cc(F)c(-c3cc(C(C)(C)F)c(C#N)cn3)cc2F)C1=O. The van der Waals surface area contributed by atoms with E-state index in [-0.39, 0.29) is 33.9 Å². The van der Waals surface area contributed by atoms with Gasteiger partial charge in [0.2, 0.25) is 0 Å². The molecule has 1 aliphatic heterocycles. The summed E-state index contributed by atoms with van der Waals surface area (Å²) < 4.78 is 44.9. The summed E-state index contributed by atoms with van der Waals surface area (Å²) in [5.41, 5.74) is -0.604. The van der Waals surface area contributed by atoms with Crippen molar-refractivity contribution in [3.05, 3.63) is 76.1 Å². The van der Waals surface area contributed by atoms with Crippen LogP contribution in [0.4, 0.5) is 19.0 Å². The summed E-state index contributed by atoms with van der Waals surface area (Å²) in [6, 6.07) is 6.20. The number of hydrogen-bond donors (Lipinski definition) is 1. The van der Waals surface area contributed by atoms with E-state index in [4.69, 9.17) is 0 Å². The highest BCUT2D eigenvalue weighted by Gasteiger charge is 2.30. The Hall–Kier alpha value is -3.93. The summed E-state index contributed by atoms with van der Waals surface area (Å²) in [4.78, 5) is 22.5. The van der Waals surface area contributed by atoms with Gasteiger partial charge >= 0.3 is 0 Å². The van der Waals surface area contributed by atoms with Gasteiger partial charge in [0, 0.05) is 46.8 Å². The first kappa shape index (κ1) is 24.2. The summed E-state index contributed by atoms with van der Waals surface area (Å²) in [5, 5.41) is 12.3. The number of benzene rings is 1. The highest BCUT2D eigenvalue weighted by molar-refractivity contribution is 5.99. The summed E-state index contributed by atoms with van der Waals surface area (Å²) in [5.74, 6) is -1.08. The van der Waals surface area contributed by atoms with E-state index in [1.54, 1.807) is 17.9 Å². The molecule has 35 heavy (non-hydrogen) atoms. The minimum absolute atomic E-state index is 0.0222. The number of carbonyl (C=O) groups excluding carboxylic acids is 1. The van der Waals surface area contributed by atoms with Crippen molar-refractivity contribution in [2.45, 2.75) is 46.0 Å². The second kappa shape index (κ2) is 9.02. The second-order valence-electron chi connectivity index (χ2n) is 8.92. The minimum atomic E-state index is -1.87. The highest BCUT2D eigenvalue weighted by Crippen LogP contribution is 2.34. The largest absolute Gasteiger partial charge is 0.363 e. The molecule has 2 aromatic heterocycles. The van der Waals surface area contributed by atoms with Gasteiger partial charge in [-0.15, -0.1) is 0 Å². The van der Waals surface area contributed by atoms with Crippen LogP contribution < -0.4 is 5.32 Å². The van der Waals surface area contributed by atoms with Crippen LogP contribution in [-0.2, 0) is 12.2 Å². The van der Waals surface area contributed by atoms with Gasteiger partial charge in [-0.1, -0.05) is 0 Å². The van der Waals surface area contributed by atoms with E-state index in [0.717, 1.165) is 18.3 Å². The molecule has 0 bridgehead atoms. The van der Waals surface area contributed by atoms with Gasteiger partial charge in [-0.25, -0.2) is 18.2 Å². The Morgan fingerprint density at radius 2 is 1.94 bits per heavy atom. The van der Waals surface area contributed by atoms with Crippen molar-refractivity contribution in [3.63, 3.8) is 0 Å². The minimum Gasteiger partial charge on any atom is -0.363 e. The van der Waals surface area contributed by atoms with Gasteiger partial charge in [0.05, 0.1) is 23.8 Å². The first-order chi connectivity index (χ1) is 16.5. The predicted octanol–water partition coefficient (Wildman–Crippen LogP) is 5.65. The number of rotatable bonds is 6. The van der Waals surface area contributed by atoms with Crippen LogP contribution in [0.25, 0.3) is 11.3 Å². The standard InChI is InChI=1S/C26H24F3N5O/c1-5-34-13-19-16(25(34)35)6-7-31-24(19)33-14(2)17-8-22(28)18(9-21(17)27)23-10-20(26(3,4)29)15(11-30)12-32-23/h6-10,12,14H,5,13H2,1-4H3,(H,31,33)/t14-/m0/s1. The molecule has 1 atom stereocenters. The molecule has 0 fully saturated rings. The molecule has 0 unspecified atom stereocenters. The van der Waals surface area contributed by atoms with Crippen molar-refractivity contribution >= 4 is 11.7 Å². The topological polar surface area (TPSA) is 81.9 Å². The number of carbonyl (C=O) groups is 1. The van der Waals surface area contributed by atoms with Gasteiger partial charge in [0.25, 0.3) is 5.91 Å². The number of fused-ring (bicyclic) bond motifs is 1. The molecule has 1 amide bonds. The monoisotopic (exact) mass is 479 g/mol. The molecule has 4 rings (SSSR count). The van der Waals surface area contributed by atoms with Crippen LogP contribution in [0, 0.1) is 23.0 Å². The van der Waals surface area contributed by atoms with E-state index in [9.17, 15) is 14.4 Å². The molecular formula is C26H24F3N5O. The van der Waals surface area contributed by atoms with Gasteiger partial charge < -0.3 is 10.2 Å². The average Bonchev–Trinajstić information content (AvgIpc) is 3.16. The van der Waals surface area contributed by atoms with Crippen molar-refractivity contribution in [2.24, 2.45) is 0 Å². The molecule has 0 spiro atoms. The Kier molecular flexibility index (Phi) is 6.24. The number of nitrogens with one attached hydrogen (secondary N) is 1. The number of amides is 1. The smallest absolute Gasteiger partial charge is 0.254 e. The number of nitrogens with zero attached hydrogens (tertiary/aromatic N) is 4. The lowest BCUT2D eigenvalue weighted by Crippen LogP contribution is -2.22. The maximum absolute atomic E-state index is 15.2. The number of nitriles is 1. The molecule has 0 saturated carbocycles. The van der Waals surface area contributed by atoms with Gasteiger partial charge in [-0.3, -0.25) is 9.78 Å². The molecule has 0 aliphatic carbocycles. The summed E-state index contributed by atoms with van der Waals surface area (Å²) in [6.07, 6.45) is 2.66.